The Morgan fingerprint density at radius 2 is 1.42 bits per heavy atom. The lowest BCUT2D eigenvalue weighted by Crippen LogP contribution is -2.21. The Kier molecular flexibility index (Phi) is 4.04. The quantitative estimate of drug-likeness (QED) is 0.575. The summed E-state index contributed by atoms with van der Waals surface area (Å²) in [6.45, 7) is 0. The topological polar surface area (TPSA) is 26.3 Å². The number of esters is 1. The van der Waals surface area contributed by atoms with E-state index in [1.807, 2.05) is 0 Å². The van der Waals surface area contributed by atoms with Gasteiger partial charge in [-0.3, -0.25) is 0 Å². The molecule has 0 aliphatic rings. The van der Waals surface area contributed by atoms with E-state index >= 15 is 0 Å². The summed E-state index contributed by atoms with van der Waals surface area (Å²) >= 11 is 5.23. The van der Waals surface area contributed by atoms with Crippen LogP contribution in [0.3, 0.4) is 0 Å². The molecule has 0 N–H and O–H groups in total. The lowest BCUT2D eigenvalue weighted by molar-refractivity contribution is -0.144. The standard InChI is InChI=1S/C10H5ClF6O2/c1-19-8(18)7-5(9(12,13)14)2-4(11)3-6(7)10(15,16)17/h2-3H,1H3. The minimum absolute atomic E-state index is 0.239. The third-order valence-electron chi connectivity index (χ3n) is 2.10. The van der Waals surface area contributed by atoms with Crippen LogP contribution in [0.1, 0.15) is 21.5 Å². The van der Waals surface area contributed by atoms with Crippen LogP contribution in [0, 0.1) is 0 Å². The molecule has 0 amide bonds. The first-order chi connectivity index (χ1) is 8.48. The lowest BCUT2D eigenvalue weighted by atomic mass is 10.00. The fraction of sp³-hybridized carbons (Fsp3) is 0.300. The highest BCUT2D eigenvalue weighted by Crippen LogP contribution is 2.41. The molecule has 106 valence electrons. The van der Waals surface area contributed by atoms with Gasteiger partial charge in [-0.2, -0.15) is 26.3 Å². The van der Waals surface area contributed by atoms with Crippen molar-refractivity contribution in [1.82, 2.24) is 0 Å². The highest BCUT2D eigenvalue weighted by atomic mass is 35.5. The monoisotopic (exact) mass is 306 g/mol. The van der Waals surface area contributed by atoms with E-state index in [2.05, 4.69) is 4.74 Å². The van der Waals surface area contributed by atoms with Crippen molar-refractivity contribution in [3.05, 3.63) is 33.8 Å². The van der Waals surface area contributed by atoms with Gasteiger partial charge in [-0.15, -0.1) is 0 Å². The van der Waals surface area contributed by atoms with Gasteiger partial charge in [-0.05, 0) is 12.1 Å². The largest absolute Gasteiger partial charge is 0.465 e. The van der Waals surface area contributed by atoms with Crippen molar-refractivity contribution in [1.29, 1.82) is 0 Å². The van der Waals surface area contributed by atoms with E-state index in [9.17, 15) is 31.1 Å². The van der Waals surface area contributed by atoms with Gasteiger partial charge >= 0.3 is 18.3 Å². The summed E-state index contributed by atoms with van der Waals surface area (Å²) in [7, 11) is 0.678. The summed E-state index contributed by atoms with van der Waals surface area (Å²) in [5.41, 5.74) is -5.19. The zero-order valence-electron chi connectivity index (χ0n) is 9.12. The molecule has 0 fully saturated rings. The zero-order chi connectivity index (χ0) is 15.0. The molecule has 0 saturated heterocycles. The number of ether oxygens (including phenoxy) is 1. The van der Waals surface area contributed by atoms with Gasteiger partial charge in [0.2, 0.25) is 0 Å². The number of benzene rings is 1. The lowest BCUT2D eigenvalue weighted by Gasteiger charge is -2.17. The molecule has 9 heteroatoms. The van der Waals surface area contributed by atoms with Crippen LogP contribution >= 0.6 is 11.6 Å². The summed E-state index contributed by atoms with van der Waals surface area (Å²) in [5, 5.41) is -0.785. The van der Waals surface area contributed by atoms with E-state index in [-0.39, 0.29) is 12.1 Å². The van der Waals surface area contributed by atoms with Crippen LogP contribution in [-0.2, 0) is 17.1 Å². The third-order valence-corrected chi connectivity index (χ3v) is 2.32. The minimum atomic E-state index is -5.17. The van der Waals surface area contributed by atoms with E-state index in [0.717, 1.165) is 0 Å². The molecule has 0 atom stereocenters. The van der Waals surface area contributed by atoms with Crippen molar-refractivity contribution in [3.63, 3.8) is 0 Å². The van der Waals surface area contributed by atoms with Crippen LogP contribution in [0.5, 0.6) is 0 Å². The van der Waals surface area contributed by atoms with Gasteiger partial charge in [0.15, 0.2) is 0 Å². The molecule has 0 bridgehead atoms. The average Bonchev–Trinajstić information content (AvgIpc) is 2.24. The van der Waals surface area contributed by atoms with Gasteiger partial charge in [-0.25, -0.2) is 4.79 Å². The summed E-state index contributed by atoms with van der Waals surface area (Å²) in [4.78, 5) is 11.2. The highest BCUT2D eigenvalue weighted by Gasteiger charge is 2.43. The van der Waals surface area contributed by atoms with Crippen molar-refractivity contribution in [2.75, 3.05) is 7.11 Å². The molecule has 0 heterocycles. The van der Waals surface area contributed by atoms with Crippen molar-refractivity contribution in [2.45, 2.75) is 12.4 Å². The van der Waals surface area contributed by atoms with E-state index in [1.54, 1.807) is 0 Å². The maximum atomic E-state index is 12.7. The number of methoxy groups -OCH3 is 1. The van der Waals surface area contributed by atoms with E-state index in [1.165, 1.54) is 0 Å². The predicted octanol–water partition coefficient (Wildman–Crippen LogP) is 4.16. The number of hydrogen-bond donors (Lipinski definition) is 0. The molecule has 0 aliphatic heterocycles. The zero-order valence-corrected chi connectivity index (χ0v) is 9.87. The first kappa shape index (κ1) is 15.6. The first-order valence-electron chi connectivity index (χ1n) is 4.54. The predicted molar refractivity (Wildman–Crippen MR) is 52.8 cm³/mol. The molecule has 1 rings (SSSR count). The number of carbonyl (C=O) groups excluding carboxylic acids is 1. The Labute approximate surface area is 107 Å². The number of halogens is 7. The van der Waals surface area contributed by atoms with Gasteiger partial charge in [0.05, 0.1) is 23.8 Å². The minimum Gasteiger partial charge on any atom is -0.465 e. The normalized spacial score (nSPS) is 12.4. The fourth-order valence-electron chi connectivity index (χ4n) is 1.38. The summed E-state index contributed by atoms with van der Waals surface area (Å²) in [5.74, 6) is -1.74. The Bertz CT molecular complexity index is 471. The van der Waals surface area contributed by atoms with Crippen LogP contribution < -0.4 is 0 Å². The van der Waals surface area contributed by atoms with Crippen molar-refractivity contribution in [3.8, 4) is 0 Å². The fourth-order valence-corrected chi connectivity index (χ4v) is 1.59. The summed E-state index contributed by atoms with van der Waals surface area (Å²) < 4.78 is 79.9. The summed E-state index contributed by atoms with van der Waals surface area (Å²) in [6.07, 6.45) is -10.3. The summed E-state index contributed by atoms with van der Waals surface area (Å²) in [6, 6.07) is 0.478. The maximum Gasteiger partial charge on any atom is 0.417 e. The molecular formula is C10H5ClF6O2. The van der Waals surface area contributed by atoms with Gasteiger partial charge in [0, 0.05) is 5.02 Å². The van der Waals surface area contributed by atoms with Crippen LogP contribution in [0.25, 0.3) is 0 Å². The molecular weight excluding hydrogens is 302 g/mol. The van der Waals surface area contributed by atoms with Gasteiger partial charge < -0.3 is 4.74 Å². The molecule has 2 nitrogen and oxygen atoms in total. The second-order valence-electron chi connectivity index (χ2n) is 3.36. The van der Waals surface area contributed by atoms with Crippen LogP contribution in [0.15, 0.2) is 12.1 Å². The molecule has 0 aliphatic carbocycles. The molecule has 1 aromatic carbocycles. The molecule has 0 spiro atoms. The molecule has 0 radical (unpaired) electrons. The van der Waals surface area contributed by atoms with Crippen molar-refractivity contribution in [2.24, 2.45) is 0 Å². The Balaban J connectivity index is 3.74. The molecule has 0 aromatic heterocycles. The Morgan fingerprint density at radius 3 is 1.68 bits per heavy atom. The van der Waals surface area contributed by atoms with Gasteiger partial charge in [0.25, 0.3) is 0 Å². The molecule has 19 heavy (non-hydrogen) atoms. The van der Waals surface area contributed by atoms with E-state index in [4.69, 9.17) is 11.6 Å². The van der Waals surface area contributed by atoms with Crippen LogP contribution in [0.4, 0.5) is 26.3 Å². The van der Waals surface area contributed by atoms with Crippen molar-refractivity contribution >= 4 is 17.6 Å². The van der Waals surface area contributed by atoms with E-state index < -0.39 is 40.0 Å². The van der Waals surface area contributed by atoms with Crippen LogP contribution in [0.2, 0.25) is 5.02 Å². The van der Waals surface area contributed by atoms with Crippen molar-refractivity contribution < 1.29 is 35.9 Å². The third kappa shape index (κ3) is 3.31. The average molecular weight is 307 g/mol. The van der Waals surface area contributed by atoms with Gasteiger partial charge in [-0.1, -0.05) is 11.6 Å². The smallest absolute Gasteiger partial charge is 0.417 e. The number of rotatable bonds is 1. The van der Waals surface area contributed by atoms with Gasteiger partial charge in [0.1, 0.15) is 0 Å². The molecule has 0 unspecified atom stereocenters. The second-order valence-corrected chi connectivity index (χ2v) is 3.80. The first-order valence-corrected chi connectivity index (χ1v) is 4.92. The number of hydrogen-bond acceptors (Lipinski definition) is 2. The Morgan fingerprint density at radius 1 is 1.05 bits per heavy atom. The Hall–Kier alpha value is -1.44. The second kappa shape index (κ2) is 4.92. The van der Waals surface area contributed by atoms with E-state index in [0.29, 0.717) is 7.11 Å². The molecule has 1 aromatic rings. The highest BCUT2D eigenvalue weighted by molar-refractivity contribution is 6.30. The van der Waals surface area contributed by atoms with Crippen LogP contribution in [-0.4, -0.2) is 13.1 Å². The molecule has 0 saturated carbocycles. The number of alkyl halides is 6. The SMILES string of the molecule is COC(=O)c1c(C(F)(F)F)cc(Cl)cc1C(F)(F)F. The number of carbonyl (C=O) groups is 1. The maximum absolute atomic E-state index is 12.7.